The summed E-state index contributed by atoms with van der Waals surface area (Å²) < 4.78 is 1.60. The molecule has 4 rings (SSSR count). The van der Waals surface area contributed by atoms with Crippen LogP contribution >= 0.6 is 0 Å². The van der Waals surface area contributed by atoms with Gasteiger partial charge in [0, 0.05) is 24.6 Å². The van der Waals surface area contributed by atoms with E-state index < -0.39 is 11.8 Å². The van der Waals surface area contributed by atoms with Crippen molar-refractivity contribution in [2.75, 3.05) is 5.32 Å². The van der Waals surface area contributed by atoms with Gasteiger partial charge in [-0.1, -0.05) is 30.3 Å². The zero-order chi connectivity index (χ0) is 22.7. The first-order valence-corrected chi connectivity index (χ1v) is 10.1. The summed E-state index contributed by atoms with van der Waals surface area (Å²) in [5.41, 5.74) is 8.68. The number of anilines is 1. The van der Waals surface area contributed by atoms with Crippen molar-refractivity contribution >= 4 is 29.1 Å². The van der Waals surface area contributed by atoms with Gasteiger partial charge in [-0.05, 0) is 36.2 Å². The highest BCUT2D eigenvalue weighted by atomic mass is 16.2. The van der Waals surface area contributed by atoms with E-state index in [1.807, 2.05) is 37.3 Å². The number of carbonyl (C=O) groups excluding carboxylic acids is 3. The lowest BCUT2D eigenvalue weighted by molar-refractivity contribution is -0.132. The van der Waals surface area contributed by atoms with Crippen molar-refractivity contribution in [3.8, 4) is 5.69 Å². The molecule has 0 spiro atoms. The molecule has 1 aliphatic heterocycles. The van der Waals surface area contributed by atoms with Gasteiger partial charge in [-0.25, -0.2) is 9.69 Å². The van der Waals surface area contributed by atoms with Crippen LogP contribution in [0.4, 0.5) is 5.69 Å². The quantitative estimate of drug-likeness (QED) is 0.623. The number of nitrogens with two attached hydrogens (primary N) is 1. The highest BCUT2D eigenvalue weighted by molar-refractivity contribution is 6.43. The molecule has 0 atom stereocenters. The van der Waals surface area contributed by atoms with Gasteiger partial charge in [-0.2, -0.15) is 10.2 Å². The second kappa shape index (κ2) is 8.84. The third kappa shape index (κ3) is 4.56. The molecule has 3 aromatic rings. The molecule has 0 saturated carbocycles. The summed E-state index contributed by atoms with van der Waals surface area (Å²) in [6.45, 7) is 2.18. The number of hydrogen-bond donors (Lipinski definition) is 2. The van der Waals surface area contributed by atoms with Gasteiger partial charge in [0.15, 0.2) is 0 Å². The number of hydrazone groups is 1. The number of nitrogens with one attached hydrogen (secondary N) is 1. The average molecular weight is 430 g/mol. The molecule has 162 valence electrons. The molecule has 3 amide bonds. The molecule has 3 N–H and O–H groups in total. The van der Waals surface area contributed by atoms with Crippen molar-refractivity contribution in [1.29, 1.82) is 0 Å². The standard InChI is InChI=1S/C23H22N6O3/c1-15-12-25-28(13-15)20-9-7-17(22(24)31)11-19(20)26-23(32)18-8-10-21(30)29(27-18)14-16-5-3-2-4-6-16/h2-7,9,11-13H,8,10,14H2,1H3,(H2,24,31)(H,26,32). The van der Waals surface area contributed by atoms with Crippen molar-refractivity contribution in [3.05, 3.63) is 77.6 Å². The Morgan fingerprint density at radius 2 is 1.91 bits per heavy atom. The Bertz CT molecular complexity index is 1220. The van der Waals surface area contributed by atoms with Gasteiger partial charge in [0.25, 0.3) is 5.91 Å². The Morgan fingerprint density at radius 3 is 2.59 bits per heavy atom. The predicted molar refractivity (Wildman–Crippen MR) is 119 cm³/mol. The Labute approximate surface area is 184 Å². The van der Waals surface area contributed by atoms with Crippen LogP contribution in [-0.2, 0) is 16.1 Å². The van der Waals surface area contributed by atoms with E-state index in [2.05, 4.69) is 15.5 Å². The number of aryl methyl sites for hydroxylation is 1. The number of rotatable bonds is 6. The molecule has 9 heteroatoms. The predicted octanol–water partition coefficient (Wildman–Crippen LogP) is 2.40. The van der Waals surface area contributed by atoms with Crippen molar-refractivity contribution in [2.24, 2.45) is 10.8 Å². The van der Waals surface area contributed by atoms with Crippen molar-refractivity contribution < 1.29 is 14.4 Å². The fourth-order valence-corrected chi connectivity index (χ4v) is 3.37. The van der Waals surface area contributed by atoms with Crippen molar-refractivity contribution in [2.45, 2.75) is 26.3 Å². The van der Waals surface area contributed by atoms with Gasteiger partial charge in [-0.15, -0.1) is 0 Å². The molecule has 1 aliphatic rings. The van der Waals surface area contributed by atoms with E-state index >= 15 is 0 Å². The lowest BCUT2D eigenvalue weighted by atomic mass is 10.1. The molecule has 0 saturated heterocycles. The smallest absolute Gasteiger partial charge is 0.271 e. The van der Waals surface area contributed by atoms with Crippen LogP contribution in [0, 0.1) is 6.92 Å². The van der Waals surface area contributed by atoms with E-state index in [4.69, 9.17) is 5.73 Å². The van der Waals surface area contributed by atoms with E-state index in [-0.39, 0.29) is 36.6 Å². The Balaban J connectivity index is 1.61. The first-order chi connectivity index (χ1) is 15.4. The highest BCUT2D eigenvalue weighted by Gasteiger charge is 2.25. The first kappa shape index (κ1) is 21.0. The molecule has 0 fully saturated rings. The summed E-state index contributed by atoms with van der Waals surface area (Å²) >= 11 is 0. The monoisotopic (exact) mass is 430 g/mol. The summed E-state index contributed by atoms with van der Waals surface area (Å²) in [5, 5.41) is 12.7. The largest absolute Gasteiger partial charge is 0.366 e. The van der Waals surface area contributed by atoms with Gasteiger partial charge in [-0.3, -0.25) is 14.4 Å². The SMILES string of the molecule is Cc1cnn(-c2ccc(C(N)=O)cc2NC(=O)C2=NN(Cc3ccccc3)C(=O)CC2)c1. The topological polar surface area (TPSA) is 123 Å². The van der Waals surface area contributed by atoms with Crippen LogP contribution in [0.25, 0.3) is 5.69 Å². The van der Waals surface area contributed by atoms with E-state index in [0.29, 0.717) is 11.4 Å². The third-order valence-electron chi connectivity index (χ3n) is 5.03. The lowest BCUT2D eigenvalue weighted by Gasteiger charge is -2.23. The molecular weight excluding hydrogens is 408 g/mol. The molecule has 9 nitrogen and oxygen atoms in total. The third-order valence-corrected chi connectivity index (χ3v) is 5.03. The zero-order valence-electron chi connectivity index (χ0n) is 17.5. The summed E-state index contributed by atoms with van der Waals surface area (Å²) in [5.74, 6) is -1.21. The van der Waals surface area contributed by atoms with E-state index in [1.54, 1.807) is 29.2 Å². The molecule has 1 aromatic heterocycles. The first-order valence-electron chi connectivity index (χ1n) is 10.1. The van der Waals surface area contributed by atoms with E-state index in [1.165, 1.54) is 11.1 Å². The van der Waals surface area contributed by atoms with E-state index in [0.717, 1.165) is 11.1 Å². The molecule has 0 bridgehead atoms. The molecule has 0 radical (unpaired) electrons. The van der Waals surface area contributed by atoms with Crippen LogP contribution in [0.5, 0.6) is 0 Å². The molecule has 2 aromatic carbocycles. The fourth-order valence-electron chi connectivity index (χ4n) is 3.37. The normalized spacial score (nSPS) is 13.6. The minimum atomic E-state index is -0.613. The van der Waals surface area contributed by atoms with Crippen LogP contribution in [0.2, 0.25) is 0 Å². The molecule has 0 aliphatic carbocycles. The molecule has 0 unspecified atom stereocenters. The lowest BCUT2D eigenvalue weighted by Crippen LogP contribution is -2.36. The Hall–Kier alpha value is -4.27. The van der Waals surface area contributed by atoms with Crippen LogP contribution < -0.4 is 11.1 Å². The van der Waals surface area contributed by atoms with Crippen molar-refractivity contribution in [3.63, 3.8) is 0 Å². The maximum absolute atomic E-state index is 13.0. The Kier molecular flexibility index (Phi) is 5.80. The van der Waals surface area contributed by atoms with Gasteiger partial charge in [0.2, 0.25) is 11.8 Å². The Morgan fingerprint density at radius 1 is 1.12 bits per heavy atom. The highest BCUT2D eigenvalue weighted by Crippen LogP contribution is 2.23. The van der Waals surface area contributed by atoms with Gasteiger partial charge < -0.3 is 11.1 Å². The fraction of sp³-hybridized carbons (Fsp3) is 0.174. The van der Waals surface area contributed by atoms with Crippen LogP contribution in [0.15, 0.2) is 66.0 Å². The van der Waals surface area contributed by atoms with Gasteiger partial charge in [0.1, 0.15) is 5.71 Å². The van der Waals surface area contributed by atoms with Crippen LogP contribution in [0.1, 0.15) is 34.3 Å². The summed E-state index contributed by atoms with van der Waals surface area (Å²) in [6.07, 6.45) is 3.90. The van der Waals surface area contributed by atoms with Gasteiger partial charge in [0.05, 0.1) is 24.1 Å². The zero-order valence-corrected chi connectivity index (χ0v) is 17.5. The van der Waals surface area contributed by atoms with Crippen LogP contribution in [0.3, 0.4) is 0 Å². The number of carbonyl (C=O) groups is 3. The summed E-state index contributed by atoms with van der Waals surface area (Å²) in [7, 11) is 0. The van der Waals surface area contributed by atoms with E-state index in [9.17, 15) is 14.4 Å². The molecule has 32 heavy (non-hydrogen) atoms. The minimum absolute atomic E-state index is 0.145. The number of amides is 3. The maximum Gasteiger partial charge on any atom is 0.271 e. The second-order valence-electron chi connectivity index (χ2n) is 7.50. The number of nitrogens with zero attached hydrogens (tertiary/aromatic N) is 4. The minimum Gasteiger partial charge on any atom is -0.366 e. The molecular formula is C23H22N6O3. The van der Waals surface area contributed by atoms with Gasteiger partial charge >= 0.3 is 0 Å². The number of hydrogen-bond acceptors (Lipinski definition) is 5. The summed E-state index contributed by atoms with van der Waals surface area (Å²) in [4.78, 5) is 37.0. The summed E-state index contributed by atoms with van der Waals surface area (Å²) in [6, 6.07) is 14.2. The number of benzene rings is 2. The number of aromatic nitrogens is 2. The molecule has 2 heterocycles. The number of primary amides is 1. The maximum atomic E-state index is 13.0. The van der Waals surface area contributed by atoms with Crippen molar-refractivity contribution in [1.82, 2.24) is 14.8 Å². The van der Waals surface area contributed by atoms with Crippen LogP contribution in [-0.4, -0.2) is 38.2 Å². The average Bonchev–Trinajstić information content (AvgIpc) is 3.22. The second-order valence-corrected chi connectivity index (χ2v) is 7.50.